The second-order valence-corrected chi connectivity index (χ2v) is 25.1. The average Bonchev–Trinajstić information content (AvgIpc) is 3.60. The molecule has 1 saturated heterocycles. The third-order valence-corrected chi connectivity index (χ3v) is 21.3. The Morgan fingerprint density at radius 2 is 1.66 bits per heavy atom. The molecule has 2 N–H and O–H groups in total. The van der Waals surface area contributed by atoms with Crippen molar-refractivity contribution in [3.05, 3.63) is 42.1 Å². The fourth-order valence-electron chi connectivity index (χ4n) is 17.0. The van der Waals surface area contributed by atoms with Gasteiger partial charge in [-0.1, -0.05) is 73.9 Å². The molecule has 11 heteroatoms. The van der Waals surface area contributed by atoms with Gasteiger partial charge in [-0.3, -0.25) is 14.4 Å². The van der Waals surface area contributed by atoms with Crippen molar-refractivity contribution < 1.29 is 38.1 Å². The van der Waals surface area contributed by atoms with Crippen molar-refractivity contribution >= 4 is 17.8 Å². The first-order valence-corrected chi connectivity index (χ1v) is 26.3. The summed E-state index contributed by atoms with van der Waals surface area (Å²) in [6.45, 7) is 20.6. The number of hydrogen-bond acceptors (Lipinski definition) is 7. The van der Waals surface area contributed by atoms with E-state index in [4.69, 9.17) is 19.2 Å². The van der Waals surface area contributed by atoms with E-state index in [-0.39, 0.29) is 63.5 Å². The summed E-state index contributed by atoms with van der Waals surface area (Å²) >= 11 is 0. The summed E-state index contributed by atoms with van der Waals surface area (Å²) in [5.74, 6) is 1.69. The molecule has 2 aromatic rings. The number of methoxy groups -OCH3 is 1. The number of halogens is 1. The van der Waals surface area contributed by atoms with Gasteiger partial charge >= 0.3 is 11.9 Å². The third-order valence-electron chi connectivity index (χ3n) is 21.3. The van der Waals surface area contributed by atoms with Gasteiger partial charge in [0.15, 0.2) is 0 Å². The molecule has 1 aromatic carbocycles. The van der Waals surface area contributed by atoms with Crippen LogP contribution in [0.2, 0.25) is 0 Å². The molecule has 6 saturated carbocycles. The first-order chi connectivity index (χ1) is 31.7. The SMILES string of the molecule is COCCO[C@@H]1C[C@@H](c2nc(-c3cccc(F)c3)c[nH]2)N(C(=O)CCC[C@H]([C@H]2CCC[C@]3(C)[C@@H]2CC[C@@H]2[C@@]4(C)CC[C@H](OC(=O)[C@H]5C[C@@H](C(=O)O)C5(C)C)C(C)(C)[C@@H]4CC[C@]23C)C2(C)CC2)C1. The summed E-state index contributed by atoms with van der Waals surface area (Å²) in [7, 11) is 1.67. The van der Waals surface area contributed by atoms with Crippen molar-refractivity contribution in [2.24, 2.45) is 73.9 Å². The molecule has 0 spiro atoms. The van der Waals surface area contributed by atoms with Crippen LogP contribution in [0.3, 0.4) is 0 Å². The summed E-state index contributed by atoms with van der Waals surface area (Å²) in [6, 6.07) is 6.23. The van der Waals surface area contributed by atoms with Gasteiger partial charge in [0.2, 0.25) is 5.91 Å². The number of fused-ring (bicyclic) bond motifs is 5. The van der Waals surface area contributed by atoms with Crippen LogP contribution in [0, 0.1) is 79.7 Å². The first kappa shape index (κ1) is 48.7. The zero-order valence-electron chi connectivity index (χ0n) is 42.3. The Morgan fingerprint density at radius 1 is 0.881 bits per heavy atom. The smallest absolute Gasteiger partial charge is 0.309 e. The predicted molar refractivity (Wildman–Crippen MR) is 256 cm³/mol. The standard InChI is InChI=1S/C56H82FN3O7/c1-51(2)40(49(62)63)31-41(51)50(64)67-46-21-23-54(6)44(52(46,3)4)20-24-56(8)45(54)19-18-39-37(15-12-22-55(39,56)7)38(53(5)25-26-53)16-11-17-47(61)60-33-36(66-28-27-65-9)30-43(60)48-58-32-42(59-48)34-13-10-14-35(57)29-34/h10,13-14,29,32,36-41,43-46H,11-12,15-28,30-31,33H2,1-9H3,(H,58,59)(H,62,63)/t36-,37-,38-,39-,40+,41-,43+,44+,45-,46+,54+,55-,56-/m1/s1. The molecule has 370 valence electrons. The van der Waals surface area contributed by atoms with E-state index in [1.165, 1.54) is 63.5 Å². The number of likely N-dealkylation sites (tertiary alicyclic amines) is 1. The lowest BCUT2D eigenvalue weighted by molar-refractivity contribution is -0.246. The second kappa shape index (κ2) is 17.8. The number of amides is 1. The lowest BCUT2D eigenvalue weighted by Crippen LogP contribution is -2.66. The minimum absolute atomic E-state index is 0.114. The Balaban J connectivity index is 0.874. The van der Waals surface area contributed by atoms with Gasteiger partial charge < -0.3 is 29.2 Å². The van der Waals surface area contributed by atoms with E-state index < -0.39 is 17.3 Å². The zero-order valence-corrected chi connectivity index (χ0v) is 42.3. The van der Waals surface area contributed by atoms with Crippen molar-refractivity contribution in [3.63, 3.8) is 0 Å². The molecule has 1 aromatic heterocycles. The Bertz CT molecular complexity index is 2170. The quantitative estimate of drug-likeness (QED) is 0.133. The number of aromatic amines is 1. The van der Waals surface area contributed by atoms with Crippen molar-refractivity contribution in [3.8, 4) is 11.3 Å². The molecule has 10 nitrogen and oxygen atoms in total. The molecule has 6 aliphatic carbocycles. The second-order valence-electron chi connectivity index (χ2n) is 25.1. The lowest BCUT2D eigenvalue weighted by Gasteiger charge is -2.72. The van der Waals surface area contributed by atoms with E-state index in [2.05, 4.69) is 46.5 Å². The highest BCUT2D eigenvalue weighted by Gasteiger charge is 2.69. The highest BCUT2D eigenvalue weighted by molar-refractivity contribution is 5.81. The molecule has 13 atom stereocenters. The number of aliphatic carboxylic acids is 1. The summed E-state index contributed by atoms with van der Waals surface area (Å²) < 4.78 is 32.1. The number of nitrogens with zero attached hydrogens (tertiary/aromatic N) is 2. The van der Waals surface area contributed by atoms with Crippen LogP contribution in [-0.4, -0.2) is 76.9 Å². The fraction of sp³-hybridized carbons (Fsp3) is 0.786. The first-order valence-electron chi connectivity index (χ1n) is 26.3. The summed E-state index contributed by atoms with van der Waals surface area (Å²) in [6.07, 6.45) is 18.3. The van der Waals surface area contributed by atoms with Gasteiger partial charge in [-0.25, -0.2) is 9.37 Å². The van der Waals surface area contributed by atoms with Crippen molar-refractivity contribution in [1.29, 1.82) is 0 Å². The van der Waals surface area contributed by atoms with Crippen LogP contribution >= 0.6 is 0 Å². The minimum Gasteiger partial charge on any atom is -0.481 e. The van der Waals surface area contributed by atoms with Gasteiger partial charge in [0.25, 0.3) is 0 Å². The maximum Gasteiger partial charge on any atom is 0.309 e. The topological polar surface area (TPSA) is 131 Å². The van der Waals surface area contributed by atoms with E-state index in [0.717, 1.165) is 32.1 Å². The monoisotopic (exact) mass is 928 g/mol. The summed E-state index contributed by atoms with van der Waals surface area (Å²) in [5, 5.41) is 9.72. The lowest BCUT2D eigenvalue weighted by atomic mass is 9.33. The number of ether oxygens (including phenoxy) is 3. The number of imidazole rings is 1. The number of carbonyl (C=O) groups is 3. The highest BCUT2D eigenvalue weighted by Crippen LogP contribution is 2.76. The Labute approximate surface area is 400 Å². The van der Waals surface area contributed by atoms with Gasteiger partial charge in [0, 0.05) is 43.7 Å². The molecular weight excluding hydrogens is 846 g/mol. The molecular formula is C56H82FN3O7. The van der Waals surface area contributed by atoms with Crippen LogP contribution in [0.1, 0.15) is 170 Å². The van der Waals surface area contributed by atoms with E-state index in [1.54, 1.807) is 13.2 Å². The maximum absolute atomic E-state index is 14.4. The number of rotatable bonds is 15. The van der Waals surface area contributed by atoms with Crippen LogP contribution in [0.5, 0.6) is 0 Å². The molecule has 2 heterocycles. The van der Waals surface area contributed by atoms with E-state index in [9.17, 15) is 23.9 Å². The van der Waals surface area contributed by atoms with Crippen LogP contribution in [0.25, 0.3) is 11.3 Å². The van der Waals surface area contributed by atoms with Gasteiger partial charge in [0.1, 0.15) is 17.7 Å². The Kier molecular flexibility index (Phi) is 13.0. The van der Waals surface area contributed by atoms with Crippen molar-refractivity contribution in [2.45, 2.75) is 176 Å². The van der Waals surface area contributed by atoms with Crippen LogP contribution in [0.4, 0.5) is 4.39 Å². The van der Waals surface area contributed by atoms with E-state index in [0.29, 0.717) is 91.1 Å². The zero-order chi connectivity index (χ0) is 47.9. The van der Waals surface area contributed by atoms with Gasteiger partial charge in [-0.15, -0.1) is 0 Å². The molecule has 7 aliphatic rings. The molecule has 7 fully saturated rings. The van der Waals surface area contributed by atoms with Crippen LogP contribution < -0.4 is 0 Å². The molecule has 9 rings (SSSR count). The average molecular weight is 928 g/mol. The van der Waals surface area contributed by atoms with Gasteiger partial charge in [-0.05, 0) is 152 Å². The van der Waals surface area contributed by atoms with Crippen molar-refractivity contribution in [2.75, 3.05) is 26.9 Å². The number of esters is 1. The molecule has 1 aliphatic heterocycles. The van der Waals surface area contributed by atoms with E-state index in [1.807, 2.05) is 31.0 Å². The highest BCUT2D eigenvalue weighted by atomic mass is 19.1. The number of H-pyrrole nitrogens is 1. The fourth-order valence-corrected chi connectivity index (χ4v) is 17.0. The maximum atomic E-state index is 14.4. The molecule has 1 amide bonds. The Morgan fingerprint density at radius 3 is 2.36 bits per heavy atom. The molecule has 0 radical (unpaired) electrons. The largest absolute Gasteiger partial charge is 0.481 e. The number of hydrogen-bond donors (Lipinski definition) is 2. The van der Waals surface area contributed by atoms with Crippen LogP contribution in [-0.2, 0) is 28.6 Å². The number of benzene rings is 1. The predicted octanol–water partition coefficient (Wildman–Crippen LogP) is 11.8. The number of nitrogens with one attached hydrogen (secondary N) is 1. The third kappa shape index (κ3) is 8.31. The number of carbonyl (C=O) groups excluding carboxylic acids is 2. The number of carboxylic acid groups (broad SMARTS) is 1. The summed E-state index contributed by atoms with van der Waals surface area (Å²) in [4.78, 5) is 50.2. The Hall–Kier alpha value is -3.31. The van der Waals surface area contributed by atoms with Gasteiger partial charge in [-0.2, -0.15) is 0 Å². The minimum atomic E-state index is -0.817. The molecule has 0 bridgehead atoms. The number of carboxylic acids is 1. The molecule has 67 heavy (non-hydrogen) atoms. The normalized spacial score (nSPS) is 38.4. The van der Waals surface area contributed by atoms with Gasteiger partial charge in [0.05, 0.1) is 42.9 Å². The van der Waals surface area contributed by atoms with E-state index >= 15 is 0 Å². The summed E-state index contributed by atoms with van der Waals surface area (Å²) in [5.41, 5.74) is 1.56. The van der Waals surface area contributed by atoms with Crippen LogP contribution in [0.15, 0.2) is 30.5 Å². The number of aromatic nitrogens is 2. The molecule has 0 unspecified atom stereocenters. The van der Waals surface area contributed by atoms with Crippen molar-refractivity contribution in [1.82, 2.24) is 14.9 Å².